The van der Waals surface area contributed by atoms with Crippen LogP contribution in [0.3, 0.4) is 0 Å². The molecule has 27 heavy (non-hydrogen) atoms. The summed E-state index contributed by atoms with van der Waals surface area (Å²) in [5.41, 5.74) is 3.04. The molecule has 0 radical (unpaired) electrons. The molecule has 0 aromatic rings. The van der Waals surface area contributed by atoms with E-state index in [1.807, 2.05) is 6.92 Å². The van der Waals surface area contributed by atoms with E-state index in [9.17, 15) is 10.0 Å². The molecule has 0 aromatic heterocycles. The van der Waals surface area contributed by atoms with Crippen molar-refractivity contribution in [1.82, 2.24) is 0 Å². The van der Waals surface area contributed by atoms with Crippen molar-refractivity contribution in [2.24, 2.45) is 39.7 Å². The maximum absolute atomic E-state index is 11.4. The van der Waals surface area contributed by atoms with Crippen molar-refractivity contribution in [2.45, 2.75) is 85.2 Å². The highest BCUT2D eigenvalue weighted by Crippen LogP contribution is 2.66. The van der Waals surface area contributed by atoms with E-state index < -0.39 is 0 Å². The fourth-order valence-electron chi connectivity index (χ4n) is 7.72. The normalized spacial score (nSPS) is 46.7. The Bertz CT molecular complexity index is 683. The summed E-state index contributed by atoms with van der Waals surface area (Å²) in [7, 11) is 0. The molecule has 0 unspecified atom stereocenters. The second-order valence-electron chi connectivity index (χ2n) is 10.1. The molecule has 3 saturated carbocycles. The van der Waals surface area contributed by atoms with Crippen LogP contribution in [0.25, 0.3) is 0 Å². The van der Waals surface area contributed by atoms with E-state index >= 15 is 0 Å². The smallest absolute Gasteiger partial charge is 0.302 e. The Hall–Kier alpha value is -1.32. The largest absolute Gasteiger partial charge is 0.462 e. The third-order valence-electron chi connectivity index (χ3n) is 9.05. The van der Waals surface area contributed by atoms with Gasteiger partial charge in [0, 0.05) is 19.3 Å². The van der Waals surface area contributed by atoms with Crippen LogP contribution in [0.1, 0.15) is 79.1 Å². The zero-order valence-corrected chi connectivity index (χ0v) is 17.3. The van der Waals surface area contributed by atoms with E-state index in [4.69, 9.17) is 4.74 Å². The van der Waals surface area contributed by atoms with Crippen molar-refractivity contribution in [2.75, 3.05) is 0 Å². The average Bonchev–Trinajstić information content (AvgIpc) is 2.98. The van der Waals surface area contributed by atoms with Gasteiger partial charge in [0.05, 0.1) is 5.71 Å². The molecule has 4 aliphatic carbocycles. The lowest BCUT2D eigenvalue weighted by Gasteiger charge is -2.58. The van der Waals surface area contributed by atoms with E-state index in [-0.39, 0.29) is 22.9 Å². The van der Waals surface area contributed by atoms with Crippen molar-refractivity contribution in [3.63, 3.8) is 0 Å². The molecule has 0 heterocycles. The molecule has 0 amide bonds. The summed E-state index contributed by atoms with van der Waals surface area (Å²) >= 11 is 0. The topological polar surface area (TPSA) is 58.9 Å². The Morgan fingerprint density at radius 2 is 1.93 bits per heavy atom. The molecule has 7 atom stereocenters. The molecule has 0 aliphatic heterocycles. The summed E-state index contributed by atoms with van der Waals surface area (Å²) in [6.45, 7) is 8.46. The van der Waals surface area contributed by atoms with Crippen LogP contribution in [0.2, 0.25) is 0 Å². The standard InChI is InChI=1S/C23H35NO3/c1-14(24-26)19-7-8-20-18-6-5-16-13-17(27-15(2)25)9-11-22(16,3)21(18)10-12-23(19,20)4/h5,17-21,26H,6-13H2,1-4H3/b24-14-/t17-,18-,19+,20-,21-,22+,23-/m1/s1. The van der Waals surface area contributed by atoms with E-state index in [1.54, 1.807) is 5.57 Å². The highest BCUT2D eigenvalue weighted by Gasteiger charge is 2.59. The van der Waals surface area contributed by atoms with Gasteiger partial charge in [-0.1, -0.05) is 30.7 Å². The summed E-state index contributed by atoms with van der Waals surface area (Å²) in [5.74, 6) is 2.52. The molecule has 4 rings (SSSR count). The lowest BCUT2D eigenvalue weighted by Crippen LogP contribution is -2.51. The van der Waals surface area contributed by atoms with Crippen molar-refractivity contribution in [3.8, 4) is 0 Å². The van der Waals surface area contributed by atoms with Crippen LogP contribution in [-0.4, -0.2) is 23.0 Å². The molecule has 3 fully saturated rings. The van der Waals surface area contributed by atoms with E-state index in [0.717, 1.165) is 42.7 Å². The van der Waals surface area contributed by atoms with Gasteiger partial charge in [-0.05, 0) is 80.5 Å². The van der Waals surface area contributed by atoms with Crippen molar-refractivity contribution < 1.29 is 14.7 Å². The number of fused-ring (bicyclic) bond motifs is 5. The SMILES string of the molecule is CC(=O)O[C@@H]1CC[C@@]2(C)C(=CC[C@@H]3[C@H]4CC[C@@H](/C(C)=N\O)[C@@]4(C)CC[C@H]32)C1. The van der Waals surface area contributed by atoms with Crippen molar-refractivity contribution in [3.05, 3.63) is 11.6 Å². The Morgan fingerprint density at radius 1 is 1.15 bits per heavy atom. The molecule has 150 valence electrons. The van der Waals surface area contributed by atoms with Gasteiger partial charge in [0.15, 0.2) is 0 Å². The second-order valence-corrected chi connectivity index (χ2v) is 10.1. The molecular formula is C23H35NO3. The van der Waals surface area contributed by atoms with Crippen LogP contribution in [0.4, 0.5) is 0 Å². The first-order chi connectivity index (χ1) is 12.8. The van der Waals surface area contributed by atoms with Gasteiger partial charge in [0.2, 0.25) is 0 Å². The fourth-order valence-corrected chi connectivity index (χ4v) is 7.72. The van der Waals surface area contributed by atoms with Crippen LogP contribution in [0, 0.1) is 34.5 Å². The second kappa shape index (κ2) is 6.63. The van der Waals surface area contributed by atoms with E-state index in [1.165, 1.54) is 39.0 Å². The fraction of sp³-hybridized carbons (Fsp3) is 0.826. The minimum absolute atomic E-state index is 0.0755. The first-order valence-electron chi connectivity index (χ1n) is 10.8. The van der Waals surface area contributed by atoms with Crippen LogP contribution >= 0.6 is 0 Å². The van der Waals surface area contributed by atoms with Gasteiger partial charge in [-0.25, -0.2) is 0 Å². The molecule has 4 aliphatic rings. The summed E-state index contributed by atoms with van der Waals surface area (Å²) in [6, 6.07) is 0. The summed E-state index contributed by atoms with van der Waals surface area (Å²) in [5, 5.41) is 12.9. The van der Waals surface area contributed by atoms with Gasteiger partial charge in [-0.2, -0.15) is 0 Å². The number of esters is 1. The van der Waals surface area contributed by atoms with Crippen LogP contribution < -0.4 is 0 Å². The highest BCUT2D eigenvalue weighted by atomic mass is 16.5. The molecule has 0 aromatic carbocycles. The predicted octanol–water partition coefficient (Wildman–Crippen LogP) is 5.35. The molecule has 4 nitrogen and oxygen atoms in total. The molecule has 1 N–H and O–H groups in total. The Labute approximate surface area is 163 Å². The number of carbonyl (C=O) groups is 1. The van der Waals surface area contributed by atoms with Crippen LogP contribution in [0.5, 0.6) is 0 Å². The van der Waals surface area contributed by atoms with Gasteiger partial charge in [0.1, 0.15) is 6.10 Å². The molecule has 0 bridgehead atoms. The summed E-state index contributed by atoms with van der Waals surface area (Å²) in [6.07, 6.45) is 11.8. The number of carbonyl (C=O) groups excluding carboxylic acids is 1. The lowest BCUT2D eigenvalue weighted by atomic mass is 9.47. The van der Waals surface area contributed by atoms with Gasteiger partial charge in [0.25, 0.3) is 0 Å². The minimum Gasteiger partial charge on any atom is -0.462 e. The first kappa shape index (κ1) is 19.0. The summed E-state index contributed by atoms with van der Waals surface area (Å²) < 4.78 is 5.54. The number of hydrogen-bond acceptors (Lipinski definition) is 4. The molecule has 0 spiro atoms. The van der Waals surface area contributed by atoms with Gasteiger partial charge >= 0.3 is 5.97 Å². The van der Waals surface area contributed by atoms with Crippen LogP contribution in [-0.2, 0) is 9.53 Å². The lowest BCUT2D eigenvalue weighted by molar-refractivity contribution is -0.148. The maximum atomic E-state index is 11.4. The monoisotopic (exact) mass is 373 g/mol. The number of rotatable bonds is 2. The number of ether oxygens (including phenoxy) is 1. The maximum Gasteiger partial charge on any atom is 0.302 e. The number of hydrogen-bond donors (Lipinski definition) is 1. The predicted molar refractivity (Wildman–Crippen MR) is 106 cm³/mol. The van der Waals surface area contributed by atoms with Crippen molar-refractivity contribution in [1.29, 1.82) is 0 Å². The molecule has 4 heteroatoms. The average molecular weight is 374 g/mol. The van der Waals surface area contributed by atoms with Crippen molar-refractivity contribution >= 4 is 11.7 Å². The minimum atomic E-state index is -0.149. The molecule has 0 saturated heterocycles. The van der Waals surface area contributed by atoms with Gasteiger partial charge < -0.3 is 9.94 Å². The Morgan fingerprint density at radius 3 is 2.63 bits per heavy atom. The first-order valence-corrected chi connectivity index (χ1v) is 10.8. The third-order valence-corrected chi connectivity index (χ3v) is 9.05. The quantitative estimate of drug-likeness (QED) is 0.233. The third kappa shape index (κ3) is 2.86. The summed E-state index contributed by atoms with van der Waals surface area (Å²) in [4.78, 5) is 11.4. The van der Waals surface area contributed by atoms with Gasteiger partial charge in [-0.15, -0.1) is 0 Å². The van der Waals surface area contributed by atoms with E-state index in [2.05, 4.69) is 25.1 Å². The zero-order chi connectivity index (χ0) is 19.4. The number of oxime groups is 1. The van der Waals surface area contributed by atoms with Crippen LogP contribution in [0.15, 0.2) is 16.8 Å². The highest BCUT2D eigenvalue weighted by molar-refractivity contribution is 5.85. The Kier molecular flexibility index (Phi) is 4.67. The van der Waals surface area contributed by atoms with E-state index in [0.29, 0.717) is 5.92 Å². The zero-order valence-electron chi connectivity index (χ0n) is 17.3. The Balaban J connectivity index is 1.58. The molecular weight excluding hydrogens is 338 g/mol. The number of allylic oxidation sites excluding steroid dienone is 1. The number of nitrogens with zero attached hydrogens (tertiary/aromatic N) is 1. The van der Waals surface area contributed by atoms with Gasteiger partial charge in [-0.3, -0.25) is 4.79 Å².